The number of aromatic nitrogens is 1. The van der Waals surface area contributed by atoms with E-state index in [0.29, 0.717) is 5.56 Å². The first kappa shape index (κ1) is 15.0. The Hall–Kier alpha value is -2.40. The van der Waals surface area contributed by atoms with Crippen LogP contribution in [0.1, 0.15) is 20.7 Å². The van der Waals surface area contributed by atoms with Gasteiger partial charge in [-0.15, -0.1) is 0 Å². The fraction of sp³-hybridized carbons (Fsp3) is 0.133. The number of hydrogen-bond acceptors (Lipinski definition) is 5. The highest BCUT2D eigenvalue weighted by molar-refractivity contribution is 6.30. The van der Waals surface area contributed by atoms with Gasteiger partial charge in [-0.3, -0.25) is 0 Å². The van der Waals surface area contributed by atoms with E-state index in [1.165, 1.54) is 20.3 Å². The Morgan fingerprint density at radius 2 is 1.67 bits per heavy atom. The van der Waals surface area contributed by atoms with Gasteiger partial charge in [0.1, 0.15) is 10.7 Å². The summed E-state index contributed by atoms with van der Waals surface area (Å²) in [5, 5.41) is 0.0851. The van der Waals surface area contributed by atoms with Crippen LogP contribution in [0.5, 0.6) is 0 Å². The molecular weight excluding hydrogens is 294 g/mol. The van der Waals surface area contributed by atoms with Crippen molar-refractivity contribution in [3.05, 3.63) is 52.7 Å². The zero-order valence-electron chi connectivity index (χ0n) is 11.4. The molecule has 0 amide bonds. The topological polar surface area (TPSA) is 65.5 Å². The molecule has 0 aliphatic carbocycles. The van der Waals surface area contributed by atoms with E-state index in [1.807, 2.05) is 6.07 Å². The van der Waals surface area contributed by atoms with Gasteiger partial charge in [0, 0.05) is 5.56 Å². The van der Waals surface area contributed by atoms with Gasteiger partial charge in [0.05, 0.1) is 25.5 Å². The molecule has 6 heteroatoms. The van der Waals surface area contributed by atoms with Crippen molar-refractivity contribution in [2.45, 2.75) is 0 Å². The fourth-order valence-corrected chi connectivity index (χ4v) is 2.09. The average Bonchev–Trinajstić information content (AvgIpc) is 2.53. The fourth-order valence-electron chi connectivity index (χ4n) is 1.90. The van der Waals surface area contributed by atoms with Gasteiger partial charge in [-0.1, -0.05) is 41.9 Å². The summed E-state index contributed by atoms with van der Waals surface area (Å²) in [5.41, 5.74) is 0.962. The number of methoxy groups -OCH3 is 2. The molecule has 5 nitrogen and oxygen atoms in total. The smallest absolute Gasteiger partial charge is 0.340 e. The molecule has 0 saturated carbocycles. The summed E-state index contributed by atoms with van der Waals surface area (Å²) in [6.45, 7) is 0. The van der Waals surface area contributed by atoms with Gasteiger partial charge >= 0.3 is 11.9 Å². The first-order valence-electron chi connectivity index (χ1n) is 6.01. The molecule has 0 spiro atoms. The van der Waals surface area contributed by atoms with E-state index < -0.39 is 11.9 Å². The molecule has 0 aliphatic rings. The van der Waals surface area contributed by atoms with E-state index in [9.17, 15) is 9.59 Å². The molecule has 2 rings (SSSR count). The first-order chi connectivity index (χ1) is 10.1. The monoisotopic (exact) mass is 305 g/mol. The molecule has 21 heavy (non-hydrogen) atoms. The van der Waals surface area contributed by atoms with Gasteiger partial charge in [-0.2, -0.15) is 0 Å². The molecule has 0 N–H and O–H groups in total. The van der Waals surface area contributed by atoms with Crippen molar-refractivity contribution in [3.8, 4) is 11.3 Å². The zero-order valence-corrected chi connectivity index (χ0v) is 12.2. The maximum absolute atomic E-state index is 12.0. The molecule has 1 aromatic heterocycles. The van der Waals surface area contributed by atoms with Crippen LogP contribution in [-0.4, -0.2) is 31.1 Å². The SMILES string of the molecule is COC(=O)c1cc(Cl)nc(-c2ccccc2)c1C(=O)OC. The van der Waals surface area contributed by atoms with Crippen LogP contribution in [0.4, 0.5) is 0 Å². The summed E-state index contributed by atoms with van der Waals surface area (Å²) in [7, 11) is 2.45. The normalized spacial score (nSPS) is 10.0. The van der Waals surface area contributed by atoms with Crippen LogP contribution >= 0.6 is 11.6 Å². The number of esters is 2. The van der Waals surface area contributed by atoms with E-state index in [2.05, 4.69) is 9.72 Å². The predicted octanol–water partition coefficient (Wildman–Crippen LogP) is 2.98. The third-order valence-electron chi connectivity index (χ3n) is 2.83. The third-order valence-corrected chi connectivity index (χ3v) is 3.02. The quantitative estimate of drug-likeness (QED) is 0.644. The van der Waals surface area contributed by atoms with Crippen LogP contribution in [-0.2, 0) is 9.47 Å². The Morgan fingerprint density at radius 3 is 2.24 bits per heavy atom. The number of pyridine rings is 1. The highest BCUT2D eigenvalue weighted by Crippen LogP contribution is 2.28. The van der Waals surface area contributed by atoms with Gasteiger partial charge in [0.2, 0.25) is 0 Å². The second-order valence-corrected chi connectivity index (χ2v) is 4.45. The first-order valence-corrected chi connectivity index (χ1v) is 6.39. The summed E-state index contributed by atoms with van der Waals surface area (Å²) in [5.74, 6) is -1.37. The minimum Gasteiger partial charge on any atom is -0.465 e. The summed E-state index contributed by atoms with van der Waals surface area (Å²) in [4.78, 5) is 28.1. The molecule has 1 heterocycles. The molecule has 0 fully saturated rings. The summed E-state index contributed by atoms with van der Waals surface area (Å²) >= 11 is 5.95. The van der Waals surface area contributed by atoms with E-state index in [-0.39, 0.29) is 22.0 Å². The highest BCUT2D eigenvalue weighted by Gasteiger charge is 2.25. The maximum atomic E-state index is 12.0. The van der Waals surface area contributed by atoms with Crippen molar-refractivity contribution in [2.75, 3.05) is 14.2 Å². The Kier molecular flexibility index (Phi) is 4.55. The van der Waals surface area contributed by atoms with Gasteiger partial charge in [0.15, 0.2) is 0 Å². The maximum Gasteiger partial charge on any atom is 0.340 e. The minimum absolute atomic E-state index is 0.0169. The van der Waals surface area contributed by atoms with Crippen LogP contribution in [0.2, 0.25) is 5.15 Å². The van der Waals surface area contributed by atoms with Crippen LogP contribution in [0.15, 0.2) is 36.4 Å². The number of carbonyl (C=O) groups excluding carboxylic acids is 2. The molecule has 0 bridgehead atoms. The van der Waals surface area contributed by atoms with Crippen LogP contribution in [0.25, 0.3) is 11.3 Å². The lowest BCUT2D eigenvalue weighted by molar-refractivity contribution is 0.0555. The molecule has 2 aromatic rings. The number of hydrogen-bond donors (Lipinski definition) is 0. The van der Waals surface area contributed by atoms with Gasteiger partial charge in [-0.25, -0.2) is 14.6 Å². The van der Waals surface area contributed by atoms with Crippen molar-refractivity contribution >= 4 is 23.5 Å². The highest BCUT2D eigenvalue weighted by atomic mass is 35.5. The van der Waals surface area contributed by atoms with Gasteiger partial charge < -0.3 is 9.47 Å². The van der Waals surface area contributed by atoms with Crippen molar-refractivity contribution in [3.63, 3.8) is 0 Å². The second kappa shape index (κ2) is 6.37. The molecular formula is C15H12ClNO4. The number of rotatable bonds is 3. The number of benzene rings is 1. The minimum atomic E-state index is -0.683. The molecule has 0 aliphatic heterocycles. The summed E-state index contributed by atoms with van der Waals surface area (Å²) in [6.07, 6.45) is 0. The Labute approximate surface area is 126 Å². The lowest BCUT2D eigenvalue weighted by Crippen LogP contribution is -2.14. The van der Waals surface area contributed by atoms with Crippen LogP contribution < -0.4 is 0 Å². The number of halogens is 1. The van der Waals surface area contributed by atoms with E-state index in [0.717, 1.165) is 0 Å². The van der Waals surface area contributed by atoms with Crippen molar-refractivity contribution < 1.29 is 19.1 Å². The Bertz CT molecular complexity index is 686. The summed E-state index contributed by atoms with van der Waals surface area (Å²) < 4.78 is 9.43. The zero-order chi connectivity index (χ0) is 15.4. The number of nitrogens with zero attached hydrogens (tertiary/aromatic N) is 1. The van der Waals surface area contributed by atoms with Crippen molar-refractivity contribution in [1.29, 1.82) is 0 Å². The van der Waals surface area contributed by atoms with Crippen LogP contribution in [0.3, 0.4) is 0 Å². The van der Waals surface area contributed by atoms with Gasteiger partial charge in [0.25, 0.3) is 0 Å². The standard InChI is InChI=1S/C15H12ClNO4/c1-20-14(18)10-8-11(16)17-13(12(10)15(19)21-2)9-6-4-3-5-7-9/h3-8H,1-2H3. The van der Waals surface area contributed by atoms with Crippen molar-refractivity contribution in [1.82, 2.24) is 4.98 Å². The Balaban J connectivity index is 2.77. The molecule has 0 saturated heterocycles. The van der Waals surface area contributed by atoms with E-state index in [1.54, 1.807) is 24.3 Å². The van der Waals surface area contributed by atoms with Crippen molar-refractivity contribution in [2.24, 2.45) is 0 Å². The predicted molar refractivity (Wildman–Crippen MR) is 77.4 cm³/mol. The van der Waals surface area contributed by atoms with E-state index in [4.69, 9.17) is 16.3 Å². The second-order valence-electron chi connectivity index (χ2n) is 4.07. The largest absolute Gasteiger partial charge is 0.465 e. The van der Waals surface area contributed by atoms with Crippen LogP contribution in [0, 0.1) is 0 Å². The lowest BCUT2D eigenvalue weighted by Gasteiger charge is -2.12. The average molecular weight is 306 g/mol. The molecule has 0 unspecified atom stereocenters. The molecule has 108 valence electrons. The lowest BCUT2D eigenvalue weighted by atomic mass is 10.0. The summed E-state index contributed by atoms with van der Waals surface area (Å²) in [6, 6.07) is 10.2. The Morgan fingerprint density at radius 1 is 1.05 bits per heavy atom. The third kappa shape index (κ3) is 3.03. The number of carbonyl (C=O) groups is 2. The molecule has 1 aromatic carbocycles. The van der Waals surface area contributed by atoms with Gasteiger partial charge in [-0.05, 0) is 6.07 Å². The molecule has 0 radical (unpaired) electrons. The van der Waals surface area contributed by atoms with E-state index >= 15 is 0 Å². The number of ether oxygens (including phenoxy) is 2. The molecule has 0 atom stereocenters.